The SMILES string of the molecule is CCCCCCCCCCc1ccc2c(S(=O)(=O)[O-])cccc2c1. The second kappa shape index (κ2) is 9.19. The third-order valence-electron chi connectivity index (χ3n) is 4.49. The standard InChI is InChI=1S/C20H28O3S/c1-2-3-4-5-6-7-8-9-11-17-14-15-19-18(16-17)12-10-13-20(19)24(21,22)23/h10,12-16H,2-9,11H2,1H3,(H,21,22,23)/p-1. The Morgan fingerprint density at radius 3 is 2.21 bits per heavy atom. The number of hydrogen-bond acceptors (Lipinski definition) is 3. The quantitative estimate of drug-likeness (QED) is 0.425. The molecule has 3 nitrogen and oxygen atoms in total. The van der Waals surface area contributed by atoms with Crippen LogP contribution in [0, 0.1) is 0 Å². The molecule has 0 aromatic heterocycles. The van der Waals surface area contributed by atoms with Gasteiger partial charge in [0.05, 0.1) is 4.90 Å². The van der Waals surface area contributed by atoms with E-state index in [1.54, 1.807) is 12.1 Å². The Kier molecular flexibility index (Phi) is 7.25. The highest BCUT2D eigenvalue weighted by molar-refractivity contribution is 7.86. The van der Waals surface area contributed by atoms with E-state index in [0.717, 1.165) is 18.2 Å². The molecule has 0 aliphatic rings. The molecule has 0 radical (unpaired) electrons. The molecule has 0 atom stereocenters. The molecular weight excluding hydrogens is 320 g/mol. The van der Waals surface area contributed by atoms with E-state index in [1.807, 2.05) is 18.2 Å². The van der Waals surface area contributed by atoms with Gasteiger partial charge in [0.25, 0.3) is 0 Å². The lowest BCUT2D eigenvalue weighted by Crippen LogP contribution is -1.99. The fraction of sp³-hybridized carbons (Fsp3) is 0.500. The third-order valence-corrected chi connectivity index (χ3v) is 5.39. The van der Waals surface area contributed by atoms with Gasteiger partial charge in [0.2, 0.25) is 0 Å². The summed E-state index contributed by atoms with van der Waals surface area (Å²) in [4.78, 5) is -0.126. The van der Waals surface area contributed by atoms with E-state index in [4.69, 9.17) is 0 Å². The normalized spacial score (nSPS) is 11.9. The van der Waals surface area contributed by atoms with Gasteiger partial charge >= 0.3 is 0 Å². The molecule has 132 valence electrons. The van der Waals surface area contributed by atoms with Crippen LogP contribution < -0.4 is 0 Å². The van der Waals surface area contributed by atoms with Gasteiger partial charge in [0, 0.05) is 0 Å². The van der Waals surface area contributed by atoms with Crippen molar-refractivity contribution < 1.29 is 13.0 Å². The van der Waals surface area contributed by atoms with Crippen LogP contribution >= 0.6 is 0 Å². The van der Waals surface area contributed by atoms with Gasteiger partial charge in [-0.2, -0.15) is 0 Å². The fourth-order valence-corrected chi connectivity index (χ4v) is 3.84. The van der Waals surface area contributed by atoms with Crippen LogP contribution in [-0.4, -0.2) is 13.0 Å². The van der Waals surface area contributed by atoms with Gasteiger partial charge in [0.1, 0.15) is 10.1 Å². The van der Waals surface area contributed by atoms with Crippen molar-refractivity contribution in [1.29, 1.82) is 0 Å². The summed E-state index contributed by atoms with van der Waals surface area (Å²) in [6.07, 6.45) is 11.3. The first kappa shape index (κ1) is 18.9. The number of benzene rings is 2. The minimum Gasteiger partial charge on any atom is -0.744 e. The molecule has 4 heteroatoms. The van der Waals surface area contributed by atoms with Crippen LogP contribution in [0.4, 0.5) is 0 Å². The van der Waals surface area contributed by atoms with E-state index in [9.17, 15) is 13.0 Å². The van der Waals surface area contributed by atoms with E-state index in [2.05, 4.69) is 6.92 Å². The number of fused-ring (bicyclic) bond motifs is 1. The van der Waals surface area contributed by atoms with Crippen molar-refractivity contribution in [3.05, 3.63) is 42.0 Å². The molecule has 0 saturated heterocycles. The highest BCUT2D eigenvalue weighted by atomic mass is 32.2. The Morgan fingerprint density at radius 2 is 1.54 bits per heavy atom. The first-order valence-electron chi connectivity index (χ1n) is 9.00. The summed E-state index contributed by atoms with van der Waals surface area (Å²) in [5.41, 5.74) is 1.20. The first-order chi connectivity index (χ1) is 11.5. The molecule has 0 bridgehead atoms. The average molecular weight is 348 g/mol. The summed E-state index contributed by atoms with van der Waals surface area (Å²) in [7, 11) is -4.43. The lowest BCUT2D eigenvalue weighted by Gasteiger charge is -2.11. The number of rotatable bonds is 10. The predicted octanol–water partition coefficient (Wildman–Crippen LogP) is 5.43. The molecular formula is C20H27O3S-. The van der Waals surface area contributed by atoms with Crippen LogP contribution in [0.25, 0.3) is 10.8 Å². The van der Waals surface area contributed by atoms with Crippen LogP contribution in [0.3, 0.4) is 0 Å². The second-order valence-electron chi connectivity index (χ2n) is 6.49. The van der Waals surface area contributed by atoms with Crippen molar-refractivity contribution in [2.45, 2.75) is 69.6 Å². The molecule has 0 heterocycles. The topological polar surface area (TPSA) is 57.2 Å². The van der Waals surface area contributed by atoms with E-state index in [1.165, 1.54) is 56.6 Å². The second-order valence-corrected chi connectivity index (χ2v) is 7.84. The fourth-order valence-electron chi connectivity index (χ4n) is 3.14. The maximum atomic E-state index is 11.3. The first-order valence-corrected chi connectivity index (χ1v) is 10.4. The zero-order chi connectivity index (χ0) is 17.4. The number of hydrogen-bond donors (Lipinski definition) is 0. The minimum atomic E-state index is -4.43. The molecule has 0 amide bonds. The average Bonchev–Trinajstić information content (AvgIpc) is 2.55. The molecule has 2 rings (SSSR count). The molecule has 2 aromatic carbocycles. The lowest BCUT2D eigenvalue weighted by molar-refractivity contribution is 0.464. The van der Waals surface area contributed by atoms with Gasteiger partial charge < -0.3 is 4.55 Å². The van der Waals surface area contributed by atoms with Crippen LogP contribution in [0.5, 0.6) is 0 Å². The van der Waals surface area contributed by atoms with Gasteiger partial charge in [0.15, 0.2) is 0 Å². The van der Waals surface area contributed by atoms with Crippen molar-refractivity contribution in [3.63, 3.8) is 0 Å². The summed E-state index contributed by atoms with van der Waals surface area (Å²) in [6.45, 7) is 2.24. The zero-order valence-corrected chi connectivity index (χ0v) is 15.3. The van der Waals surface area contributed by atoms with E-state index in [0.29, 0.717) is 5.39 Å². The van der Waals surface area contributed by atoms with Crippen molar-refractivity contribution in [2.75, 3.05) is 0 Å². The lowest BCUT2D eigenvalue weighted by atomic mass is 10.0. The van der Waals surface area contributed by atoms with Gasteiger partial charge in [-0.3, -0.25) is 0 Å². The van der Waals surface area contributed by atoms with Gasteiger partial charge in [-0.1, -0.05) is 82.2 Å². The molecule has 0 aliphatic carbocycles. The van der Waals surface area contributed by atoms with Crippen molar-refractivity contribution >= 4 is 20.9 Å². The molecule has 0 saturated carbocycles. The van der Waals surface area contributed by atoms with Crippen molar-refractivity contribution in [3.8, 4) is 0 Å². The molecule has 0 fully saturated rings. The molecule has 24 heavy (non-hydrogen) atoms. The Morgan fingerprint density at radius 1 is 0.875 bits per heavy atom. The monoisotopic (exact) mass is 347 g/mol. The van der Waals surface area contributed by atoms with Gasteiger partial charge in [-0.05, 0) is 35.2 Å². The Bertz CT molecular complexity index is 751. The highest BCUT2D eigenvalue weighted by Gasteiger charge is 2.07. The van der Waals surface area contributed by atoms with Gasteiger partial charge in [-0.25, -0.2) is 8.42 Å². The third kappa shape index (κ3) is 5.60. The molecule has 0 unspecified atom stereocenters. The van der Waals surface area contributed by atoms with E-state index < -0.39 is 10.1 Å². The summed E-state index contributed by atoms with van der Waals surface area (Å²) in [5.74, 6) is 0. The van der Waals surface area contributed by atoms with Crippen LogP contribution in [0.15, 0.2) is 41.3 Å². The Hall–Kier alpha value is -1.39. The van der Waals surface area contributed by atoms with E-state index in [-0.39, 0.29) is 4.90 Å². The molecule has 0 N–H and O–H groups in total. The minimum absolute atomic E-state index is 0.126. The Balaban J connectivity index is 1.88. The smallest absolute Gasteiger partial charge is 0.125 e. The van der Waals surface area contributed by atoms with Crippen LogP contribution in [0.1, 0.15) is 63.9 Å². The maximum absolute atomic E-state index is 11.3. The molecule has 2 aromatic rings. The van der Waals surface area contributed by atoms with Crippen LogP contribution in [0.2, 0.25) is 0 Å². The van der Waals surface area contributed by atoms with Crippen molar-refractivity contribution in [2.24, 2.45) is 0 Å². The summed E-state index contributed by atoms with van der Waals surface area (Å²) >= 11 is 0. The maximum Gasteiger partial charge on any atom is 0.125 e. The number of unbranched alkanes of at least 4 members (excludes halogenated alkanes) is 7. The molecule has 0 aliphatic heterocycles. The van der Waals surface area contributed by atoms with E-state index >= 15 is 0 Å². The largest absolute Gasteiger partial charge is 0.744 e. The zero-order valence-electron chi connectivity index (χ0n) is 14.5. The van der Waals surface area contributed by atoms with Gasteiger partial charge in [-0.15, -0.1) is 0 Å². The summed E-state index contributed by atoms with van der Waals surface area (Å²) in [6, 6.07) is 10.6. The number of aryl methyl sites for hydroxylation is 1. The predicted molar refractivity (Wildman–Crippen MR) is 98.2 cm³/mol. The summed E-state index contributed by atoms with van der Waals surface area (Å²) < 4.78 is 33.9. The molecule has 0 spiro atoms. The highest BCUT2D eigenvalue weighted by Crippen LogP contribution is 2.24. The van der Waals surface area contributed by atoms with Crippen molar-refractivity contribution in [1.82, 2.24) is 0 Å². The summed E-state index contributed by atoms with van der Waals surface area (Å²) in [5, 5.41) is 1.34. The van der Waals surface area contributed by atoms with Crippen LogP contribution in [-0.2, 0) is 16.5 Å². The Labute approximate surface area is 145 Å².